The third-order valence-corrected chi connectivity index (χ3v) is 5.44. The van der Waals surface area contributed by atoms with Crippen LogP contribution in [0.5, 0.6) is 0 Å². The van der Waals surface area contributed by atoms with E-state index in [2.05, 4.69) is 34.5 Å². The smallest absolute Gasteiger partial charge is 0.186 e. The summed E-state index contributed by atoms with van der Waals surface area (Å²) in [6.45, 7) is 3.55. The van der Waals surface area contributed by atoms with Crippen molar-refractivity contribution in [2.75, 3.05) is 24.5 Å². The molecular weight excluding hydrogens is 266 g/mol. The van der Waals surface area contributed by atoms with E-state index >= 15 is 0 Å². The Labute approximate surface area is 124 Å². The van der Waals surface area contributed by atoms with Gasteiger partial charge in [-0.2, -0.15) is 0 Å². The van der Waals surface area contributed by atoms with Crippen molar-refractivity contribution in [3.05, 3.63) is 24.3 Å². The highest BCUT2D eigenvalue weighted by molar-refractivity contribution is 7.22. The standard InChI is InChI=1S/C16H21N3S/c1-2-6-15-14(5-1)18-16(20-15)19(13-7-8-13)11-12-4-3-9-17-10-12/h1-2,5-6,12-13,17H,3-4,7-11H2. The molecule has 1 saturated carbocycles. The molecule has 0 bridgehead atoms. The van der Waals surface area contributed by atoms with E-state index in [0.29, 0.717) is 0 Å². The largest absolute Gasteiger partial charge is 0.345 e. The Balaban J connectivity index is 1.58. The van der Waals surface area contributed by atoms with Crippen LogP contribution in [0.15, 0.2) is 24.3 Å². The quantitative estimate of drug-likeness (QED) is 0.935. The van der Waals surface area contributed by atoms with Gasteiger partial charge in [-0.3, -0.25) is 0 Å². The van der Waals surface area contributed by atoms with Crippen molar-refractivity contribution in [1.29, 1.82) is 0 Å². The number of aromatic nitrogens is 1. The third kappa shape index (κ3) is 2.54. The Kier molecular flexibility index (Phi) is 3.36. The summed E-state index contributed by atoms with van der Waals surface area (Å²) in [6.07, 6.45) is 5.37. The summed E-state index contributed by atoms with van der Waals surface area (Å²) in [7, 11) is 0. The fourth-order valence-corrected chi connectivity index (χ4v) is 4.16. The van der Waals surface area contributed by atoms with Crippen LogP contribution in [0.2, 0.25) is 0 Å². The molecule has 3 nitrogen and oxygen atoms in total. The van der Waals surface area contributed by atoms with Gasteiger partial charge in [0.05, 0.1) is 10.2 Å². The van der Waals surface area contributed by atoms with Crippen molar-refractivity contribution in [1.82, 2.24) is 10.3 Å². The number of para-hydroxylation sites is 1. The first-order chi connectivity index (χ1) is 9.90. The van der Waals surface area contributed by atoms with Gasteiger partial charge in [-0.25, -0.2) is 4.98 Å². The third-order valence-electron chi connectivity index (χ3n) is 4.37. The Morgan fingerprint density at radius 3 is 2.90 bits per heavy atom. The summed E-state index contributed by atoms with van der Waals surface area (Å²) >= 11 is 1.86. The van der Waals surface area contributed by atoms with Gasteiger partial charge in [0.25, 0.3) is 0 Å². The van der Waals surface area contributed by atoms with Crippen LogP contribution in [-0.4, -0.2) is 30.7 Å². The van der Waals surface area contributed by atoms with Crippen LogP contribution >= 0.6 is 11.3 Å². The number of piperidine rings is 1. The summed E-state index contributed by atoms with van der Waals surface area (Å²) in [5.74, 6) is 0.788. The summed E-state index contributed by atoms with van der Waals surface area (Å²) in [4.78, 5) is 7.45. The number of anilines is 1. The van der Waals surface area contributed by atoms with E-state index in [1.54, 1.807) is 0 Å². The van der Waals surface area contributed by atoms with Gasteiger partial charge in [-0.1, -0.05) is 23.5 Å². The van der Waals surface area contributed by atoms with Crippen LogP contribution in [0, 0.1) is 5.92 Å². The number of nitrogens with zero attached hydrogens (tertiary/aromatic N) is 2. The van der Waals surface area contributed by atoms with Crippen molar-refractivity contribution in [3.63, 3.8) is 0 Å². The first-order valence-electron chi connectivity index (χ1n) is 7.73. The molecule has 2 aliphatic rings. The molecule has 1 N–H and O–H groups in total. The van der Waals surface area contributed by atoms with Crippen molar-refractivity contribution >= 4 is 26.7 Å². The van der Waals surface area contributed by atoms with E-state index in [9.17, 15) is 0 Å². The van der Waals surface area contributed by atoms with Crippen LogP contribution < -0.4 is 10.2 Å². The Morgan fingerprint density at radius 1 is 1.25 bits per heavy atom. The molecule has 4 rings (SSSR count). The maximum atomic E-state index is 4.86. The fourth-order valence-electron chi connectivity index (χ4n) is 3.11. The summed E-state index contributed by atoms with van der Waals surface area (Å²) in [6, 6.07) is 9.25. The number of benzene rings is 1. The van der Waals surface area contributed by atoms with E-state index < -0.39 is 0 Å². The zero-order valence-electron chi connectivity index (χ0n) is 11.7. The van der Waals surface area contributed by atoms with E-state index in [-0.39, 0.29) is 0 Å². The molecule has 1 aliphatic carbocycles. The Bertz CT molecular complexity index is 551. The lowest BCUT2D eigenvalue weighted by molar-refractivity contribution is 0.376. The molecule has 1 saturated heterocycles. The number of thiazole rings is 1. The topological polar surface area (TPSA) is 28.2 Å². The molecule has 0 amide bonds. The molecule has 106 valence electrons. The highest BCUT2D eigenvalue weighted by Gasteiger charge is 2.32. The second-order valence-corrected chi connectivity index (χ2v) is 7.07. The first-order valence-corrected chi connectivity index (χ1v) is 8.55. The highest BCUT2D eigenvalue weighted by Crippen LogP contribution is 2.37. The molecule has 1 aromatic heterocycles. The molecule has 1 atom stereocenters. The minimum atomic E-state index is 0.748. The number of hydrogen-bond acceptors (Lipinski definition) is 4. The predicted octanol–water partition coefficient (Wildman–Crippen LogP) is 3.26. The maximum Gasteiger partial charge on any atom is 0.186 e. The van der Waals surface area contributed by atoms with E-state index in [4.69, 9.17) is 4.98 Å². The zero-order chi connectivity index (χ0) is 13.4. The van der Waals surface area contributed by atoms with Gasteiger partial charge < -0.3 is 10.2 Å². The molecule has 1 unspecified atom stereocenters. The van der Waals surface area contributed by atoms with E-state index in [1.807, 2.05) is 11.3 Å². The van der Waals surface area contributed by atoms with Crippen molar-refractivity contribution in [2.45, 2.75) is 31.7 Å². The van der Waals surface area contributed by atoms with Gasteiger partial charge in [0.15, 0.2) is 5.13 Å². The van der Waals surface area contributed by atoms with Crippen LogP contribution in [-0.2, 0) is 0 Å². The molecule has 0 radical (unpaired) electrons. The lowest BCUT2D eigenvalue weighted by atomic mass is 9.99. The molecule has 0 spiro atoms. The lowest BCUT2D eigenvalue weighted by Gasteiger charge is -2.30. The van der Waals surface area contributed by atoms with E-state index in [0.717, 1.165) is 17.5 Å². The Hall–Kier alpha value is -1.13. The molecule has 2 aromatic rings. The monoisotopic (exact) mass is 287 g/mol. The van der Waals surface area contributed by atoms with Gasteiger partial charge in [0.2, 0.25) is 0 Å². The van der Waals surface area contributed by atoms with Gasteiger partial charge in [-0.15, -0.1) is 0 Å². The lowest BCUT2D eigenvalue weighted by Crippen LogP contribution is -2.39. The van der Waals surface area contributed by atoms with Crippen LogP contribution in [0.1, 0.15) is 25.7 Å². The molecular formula is C16H21N3S. The molecule has 2 fully saturated rings. The SMILES string of the molecule is c1ccc2sc(N(CC3CCCNC3)C3CC3)nc2c1. The van der Waals surface area contributed by atoms with Gasteiger partial charge in [-0.05, 0) is 56.8 Å². The molecule has 20 heavy (non-hydrogen) atoms. The normalized spacial score (nSPS) is 23.1. The summed E-state index contributed by atoms with van der Waals surface area (Å²) < 4.78 is 1.31. The van der Waals surface area contributed by atoms with E-state index in [1.165, 1.54) is 55.1 Å². The molecule has 1 aromatic carbocycles. The minimum Gasteiger partial charge on any atom is -0.345 e. The van der Waals surface area contributed by atoms with Gasteiger partial charge in [0.1, 0.15) is 0 Å². The number of nitrogens with one attached hydrogen (secondary N) is 1. The van der Waals surface area contributed by atoms with Crippen LogP contribution in [0.3, 0.4) is 0 Å². The van der Waals surface area contributed by atoms with Crippen molar-refractivity contribution in [2.24, 2.45) is 5.92 Å². The molecule has 1 aliphatic heterocycles. The Morgan fingerprint density at radius 2 is 2.15 bits per heavy atom. The highest BCUT2D eigenvalue weighted by atomic mass is 32.1. The molecule has 4 heteroatoms. The van der Waals surface area contributed by atoms with Crippen molar-refractivity contribution < 1.29 is 0 Å². The molecule has 2 heterocycles. The minimum absolute atomic E-state index is 0.748. The number of rotatable bonds is 4. The predicted molar refractivity (Wildman–Crippen MR) is 85.6 cm³/mol. The maximum absolute atomic E-state index is 4.86. The van der Waals surface area contributed by atoms with Crippen molar-refractivity contribution in [3.8, 4) is 0 Å². The zero-order valence-corrected chi connectivity index (χ0v) is 12.5. The average Bonchev–Trinajstić information content (AvgIpc) is 3.24. The number of hydrogen-bond donors (Lipinski definition) is 1. The second kappa shape index (κ2) is 5.34. The van der Waals surface area contributed by atoms with Crippen LogP contribution in [0.25, 0.3) is 10.2 Å². The fraction of sp³-hybridized carbons (Fsp3) is 0.562. The van der Waals surface area contributed by atoms with Crippen LogP contribution in [0.4, 0.5) is 5.13 Å². The second-order valence-electron chi connectivity index (χ2n) is 6.06. The average molecular weight is 287 g/mol. The van der Waals surface area contributed by atoms with Gasteiger partial charge >= 0.3 is 0 Å². The summed E-state index contributed by atoms with van der Waals surface area (Å²) in [5.41, 5.74) is 1.15. The first kappa shape index (κ1) is 12.6. The van der Waals surface area contributed by atoms with Gasteiger partial charge in [0, 0.05) is 12.6 Å². The number of fused-ring (bicyclic) bond motifs is 1. The summed E-state index contributed by atoms with van der Waals surface area (Å²) in [5, 5.41) is 4.77.